The van der Waals surface area contributed by atoms with Crippen molar-refractivity contribution in [2.24, 2.45) is 5.41 Å². The Labute approximate surface area is 117 Å². The molecule has 0 heterocycles. The van der Waals surface area contributed by atoms with Crippen molar-refractivity contribution >= 4 is 5.69 Å². The maximum absolute atomic E-state index is 9.31. The molecule has 0 aromatic heterocycles. The molecule has 0 radical (unpaired) electrons. The van der Waals surface area contributed by atoms with Crippen LogP contribution in [-0.2, 0) is 5.41 Å². The van der Waals surface area contributed by atoms with E-state index in [0.717, 1.165) is 11.4 Å². The van der Waals surface area contributed by atoms with Gasteiger partial charge in [0.05, 0.1) is 12.8 Å². The Morgan fingerprint density at radius 3 is 2.26 bits per heavy atom. The predicted octanol–water partition coefficient (Wildman–Crippen LogP) is 3.42. The van der Waals surface area contributed by atoms with Gasteiger partial charge in [-0.25, -0.2) is 0 Å². The molecule has 0 aliphatic heterocycles. The van der Waals surface area contributed by atoms with Crippen molar-refractivity contribution in [1.82, 2.24) is 0 Å². The number of ether oxygens (including phenoxy) is 1. The molecule has 3 heteroatoms. The van der Waals surface area contributed by atoms with E-state index in [4.69, 9.17) is 4.74 Å². The monoisotopic (exact) mass is 265 g/mol. The van der Waals surface area contributed by atoms with E-state index in [2.05, 4.69) is 38.2 Å². The first-order valence-corrected chi connectivity index (χ1v) is 6.73. The van der Waals surface area contributed by atoms with Gasteiger partial charge in [-0.3, -0.25) is 0 Å². The van der Waals surface area contributed by atoms with Crippen molar-refractivity contribution in [2.45, 2.75) is 40.0 Å². The summed E-state index contributed by atoms with van der Waals surface area (Å²) in [5.74, 6) is 0.835. The Morgan fingerprint density at radius 2 is 1.79 bits per heavy atom. The molecule has 1 aromatic carbocycles. The van der Waals surface area contributed by atoms with Crippen LogP contribution in [0, 0.1) is 5.41 Å². The summed E-state index contributed by atoms with van der Waals surface area (Å²) in [7, 11) is 1.68. The summed E-state index contributed by atoms with van der Waals surface area (Å²) in [5, 5.41) is 12.7. The third-order valence-electron chi connectivity index (χ3n) is 3.25. The Hall–Kier alpha value is -1.22. The highest BCUT2D eigenvalue weighted by Gasteiger charge is 2.19. The molecule has 0 atom stereocenters. The van der Waals surface area contributed by atoms with Crippen LogP contribution >= 0.6 is 0 Å². The van der Waals surface area contributed by atoms with Crippen LogP contribution in [-0.4, -0.2) is 25.4 Å². The lowest BCUT2D eigenvalue weighted by Gasteiger charge is -2.25. The molecule has 0 saturated carbocycles. The fourth-order valence-corrected chi connectivity index (χ4v) is 1.70. The SMILES string of the molecule is COc1ccc(C(C)(C)C)cc1NCC(C)(C)CO. The van der Waals surface area contributed by atoms with E-state index < -0.39 is 0 Å². The summed E-state index contributed by atoms with van der Waals surface area (Å²) < 4.78 is 5.39. The Morgan fingerprint density at radius 1 is 1.16 bits per heavy atom. The van der Waals surface area contributed by atoms with Gasteiger partial charge >= 0.3 is 0 Å². The number of methoxy groups -OCH3 is 1. The zero-order valence-corrected chi connectivity index (χ0v) is 13.0. The van der Waals surface area contributed by atoms with E-state index in [-0.39, 0.29) is 17.4 Å². The van der Waals surface area contributed by atoms with Gasteiger partial charge in [0.15, 0.2) is 0 Å². The lowest BCUT2D eigenvalue weighted by atomic mass is 9.86. The number of nitrogens with one attached hydrogen (secondary N) is 1. The Bertz CT molecular complexity index is 419. The minimum atomic E-state index is -0.150. The fourth-order valence-electron chi connectivity index (χ4n) is 1.70. The zero-order chi connectivity index (χ0) is 14.7. The van der Waals surface area contributed by atoms with Gasteiger partial charge in [-0.05, 0) is 23.1 Å². The van der Waals surface area contributed by atoms with Crippen molar-refractivity contribution in [3.8, 4) is 5.75 Å². The molecule has 0 aliphatic carbocycles. The molecule has 1 rings (SSSR count). The van der Waals surface area contributed by atoms with E-state index in [1.165, 1.54) is 5.56 Å². The number of rotatable bonds is 5. The third kappa shape index (κ3) is 4.43. The highest BCUT2D eigenvalue weighted by atomic mass is 16.5. The van der Waals surface area contributed by atoms with Gasteiger partial charge in [-0.1, -0.05) is 40.7 Å². The quantitative estimate of drug-likeness (QED) is 0.857. The molecule has 3 nitrogen and oxygen atoms in total. The van der Waals surface area contributed by atoms with E-state index in [9.17, 15) is 5.11 Å². The largest absolute Gasteiger partial charge is 0.495 e. The number of hydrogen-bond donors (Lipinski definition) is 2. The summed E-state index contributed by atoms with van der Waals surface area (Å²) >= 11 is 0. The van der Waals surface area contributed by atoms with Gasteiger partial charge in [0, 0.05) is 18.6 Å². The van der Waals surface area contributed by atoms with Gasteiger partial charge in [-0.2, -0.15) is 0 Å². The van der Waals surface area contributed by atoms with Crippen molar-refractivity contribution < 1.29 is 9.84 Å². The van der Waals surface area contributed by atoms with Gasteiger partial charge in [0.2, 0.25) is 0 Å². The smallest absolute Gasteiger partial charge is 0.141 e. The summed E-state index contributed by atoms with van der Waals surface area (Å²) in [6, 6.07) is 6.22. The first-order valence-electron chi connectivity index (χ1n) is 6.73. The number of aliphatic hydroxyl groups excluding tert-OH is 1. The number of aliphatic hydroxyl groups is 1. The van der Waals surface area contributed by atoms with Crippen molar-refractivity contribution in [2.75, 3.05) is 25.6 Å². The Kier molecular flexibility index (Phi) is 4.86. The van der Waals surface area contributed by atoms with Crippen molar-refractivity contribution in [3.05, 3.63) is 23.8 Å². The maximum Gasteiger partial charge on any atom is 0.141 e. The van der Waals surface area contributed by atoms with Crippen LogP contribution in [0.15, 0.2) is 18.2 Å². The van der Waals surface area contributed by atoms with Crippen molar-refractivity contribution in [1.29, 1.82) is 0 Å². The third-order valence-corrected chi connectivity index (χ3v) is 3.25. The summed E-state index contributed by atoms with van der Waals surface area (Å²) in [5.41, 5.74) is 2.20. The molecular formula is C16H27NO2. The molecule has 108 valence electrons. The van der Waals surface area contributed by atoms with Crippen LogP contribution in [0.5, 0.6) is 5.75 Å². The molecule has 0 amide bonds. The zero-order valence-electron chi connectivity index (χ0n) is 13.0. The van der Waals surface area contributed by atoms with E-state index in [1.54, 1.807) is 7.11 Å². The second kappa shape index (κ2) is 5.83. The van der Waals surface area contributed by atoms with Gasteiger partial charge in [0.25, 0.3) is 0 Å². The van der Waals surface area contributed by atoms with Crippen molar-refractivity contribution in [3.63, 3.8) is 0 Å². The minimum absolute atomic E-state index is 0.106. The highest BCUT2D eigenvalue weighted by Crippen LogP contribution is 2.32. The number of hydrogen-bond acceptors (Lipinski definition) is 3. The molecule has 0 fully saturated rings. The molecule has 0 bridgehead atoms. The number of benzene rings is 1. The van der Waals surface area contributed by atoms with Gasteiger partial charge < -0.3 is 15.2 Å². The molecule has 0 spiro atoms. The number of anilines is 1. The van der Waals surface area contributed by atoms with Crippen LogP contribution in [0.25, 0.3) is 0 Å². The summed E-state index contributed by atoms with van der Waals surface area (Å²) in [6.07, 6.45) is 0. The molecule has 1 aromatic rings. The standard InChI is InChI=1S/C16H27NO2/c1-15(2,3)12-7-8-14(19-6)13(9-12)17-10-16(4,5)11-18/h7-9,17-18H,10-11H2,1-6H3. The molecule has 2 N–H and O–H groups in total. The normalized spacial score (nSPS) is 12.4. The first kappa shape index (κ1) is 15.8. The molecule has 0 aliphatic rings. The van der Waals surface area contributed by atoms with Crippen LogP contribution in [0.4, 0.5) is 5.69 Å². The average molecular weight is 265 g/mol. The summed E-state index contributed by atoms with van der Waals surface area (Å²) in [6.45, 7) is 11.5. The molecule has 0 saturated heterocycles. The van der Waals surface area contributed by atoms with Crippen LogP contribution in [0.2, 0.25) is 0 Å². The fraction of sp³-hybridized carbons (Fsp3) is 0.625. The topological polar surface area (TPSA) is 41.5 Å². The van der Waals surface area contributed by atoms with E-state index in [1.807, 2.05) is 19.9 Å². The van der Waals surface area contributed by atoms with E-state index >= 15 is 0 Å². The lowest BCUT2D eigenvalue weighted by molar-refractivity contribution is 0.170. The molecule has 19 heavy (non-hydrogen) atoms. The average Bonchev–Trinajstić information content (AvgIpc) is 2.35. The van der Waals surface area contributed by atoms with Crippen LogP contribution in [0.3, 0.4) is 0 Å². The minimum Gasteiger partial charge on any atom is -0.495 e. The van der Waals surface area contributed by atoms with Crippen LogP contribution in [0.1, 0.15) is 40.2 Å². The predicted molar refractivity (Wildman–Crippen MR) is 81.1 cm³/mol. The second-order valence-corrected chi connectivity index (χ2v) is 6.84. The maximum atomic E-state index is 9.31. The van der Waals surface area contributed by atoms with Gasteiger partial charge in [-0.15, -0.1) is 0 Å². The Balaban J connectivity index is 2.97. The van der Waals surface area contributed by atoms with Crippen LogP contribution < -0.4 is 10.1 Å². The highest BCUT2D eigenvalue weighted by molar-refractivity contribution is 5.59. The summed E-state index contributed by atoms with van der Waals surface area (Å²) in [4.78, 5) is 0. The molecular weight excluding hydrogens is 238 g/mol. The molecule has 0 unspecified atom stereocenters. The van der Waals surface area contributed by atoms with E-state index in [0.29, 0.717) is 6.54 Å². The lowest BCUT2D eigenvalue weighted by Crippen LogP contribution is -2.27. The first-order chi connectivity index (χ1) is 8.69. The van der Waals surface area contributed by atoms with Gasteiger partial charge in [0.1, 0.15) is 5.75 Å². The second-order valence-electron chi connectivity index (χ2n) is 6.84.